The topological polar surface area (TPSA) is 44.5 Å². The third kappa shape index (κ3) is 2.28. The summed E-state index contributed by atoms with van der Waals surface area (Å²) in [7, 11) is 3.33. The monoisotopic (exact) mass is 283 g/mol. The fourth-order valence-electron chi connectivity index (χ4n) is 3.31. The molecule has 1 unspecified atom stereocenters. The van der Waals surface area contributed by atoms with Crippen molar-refractivity contribution in [2.24, 2.45) is 5.73 Å². The number of hydrogen-bond acceptors (Lipinski definition) is 3. The standard InChI is InChI=1S/C18H21NO2/c1-20-14-9-10-16(17(12-14)21-2)18(19)11-5-7-13-6-3-4-8-15(13)18/h3-4,6,8-10,12H,5,7,11,19H2,1-2H3. The molecule has 0 saturated carbocycles. The van der Waals surface area contributed by atoms with Gasteiger partial charge in [-0.2, -0.15) is 0 Å². The summed E-state index contributed by atoms with van der Waals surface area (Å²) in [6.45, 7) is 0. The van der Waals surface area contributed by atoms with E-state index in [1.807, 2.05) is 18.2 Å². The van der Waals surface area contributed by atoms with Crippen LogP contribution in [0.3, 0.4) is 0 Å². The summed E-state index contributed by atoms with van der Waals surface area (Å²) in [5.41, 5.74) is 9.92. The zero-order valence-corrected chi connectivity index (χ0v) is 12.6. The lowest BCUT2D eigenvalue weighted by molar-refractivity contribution is 0.369. The predicted molar refractivity (Wildman–Crippen MR) is 83.9 cm³/mol. The van der Waals surface area contributed by atoms with Gasteiger partial charge in [0.1, 0.15) is 11.5 Å². The van der Waals surface area contributed by atoms with E-state index in [9.17, 15) is 0 Å². The van der Waals surface area contributed by atoms with Crippen LogP contribution >= 0.6 is 0 Å². The van der Waals surface area contributed by atoms with Crippen molar-refractivity contribution in [2.75, 3.05) is 14.2 Å². The Kier molecular flexibility index (Phi) is 3.60. The molecule has 1 aliphatic rings. The molecule has 110 valence electrons. The molecule has 3 nitrogen and oxygen atoms in total. The number of aryl methyl sites for hydroxylation is 1. The summed E-state index contributed by atoms with van der Waals surface area (Å²) in [4.78, 5) is 0. The summed E-state index contributed by atoms with van der Waals surface area (Å²) >= 11 is 0. The van der Waals surface area contributed by atoms with Crippen molar-refractivity contribution in [3.05, 3.63) is 59.2 Å². The molecular formula is C18H21NO2. The lowest BCUT2D eigenvalue weighted by Gasteiger charge is -2.37. The van der Waals surface area contributed by atoms with Gasteiger partial charge in [0, 0.05) is 11.6 Å². The number of ether oxygens (including phenoxy) is 2. The number of fused-ring (bicyclic) bond motifs is 1. The van der Waals surface area contributed by atoms with Gasteiger partial charge in [-0.15, -0.1) is 0 Å². The van der Waals surface area contributed by atoms with Crippen LogP contribution in [0.4, 0.5) is 0 Å². The minimum atomic E-state index is -0.494. The molecule has 1 atom stereocenters. The molecule has 2 aromatic rings. The Bertz CT molecular complexity index is 653. The van der Waals surface area contributed by atoms with E-state index in [1.54, 1.807) is 14.2 Å². The third-order valence-corrected chi connectivity index (χ3v) is 4.40. The molecule has 3 rings (SSSR count). The molecular weight excluding hydrogens is 262 g/mol. The maximum atomic E-state index is 6.84. The van der Waals surface area contributed by atoms with Crippen LogP contribution in [0.5, 0.6) is 11.5 Å². The Labute approximate surface area is 125 Å². The molecule has 3 heteroatoms. The predicted octanol–water partition coefficient (Wildman–Crippen LogP) is 3.24. The molecule has 21 heavy (non-hydrogen) atoms. The van der Waals surface area contributed by atoms with E-state index >= 15 is 0 Å². The molecule has 0 amide bonds. The SMILES string of the molecule is COc1ccc(C2(N)CCCc3ccccc32)c(OC)c1. The quantitative estimate of drug-likeness (QED) is 0.940. The summed E-state index contributed by atoms with van der Waals surface area (Å²) in [6.07, 6.45) is 3.10. The third-order valence-electron chi connectivity index (χ3n) is 4.40. The van der Waals surface area contributed by atoms with Crippen molar-refractivity contribution >= 4 is 0 Å². The van der Waals surface area contributed by atoms with E-state index in [4.69, 9.17) is 15.2 Å². The van der Waals surface area contributed by atoms with E-state index in [0.29, 0.717) is 0 Å². The van der Waals surface area contributed by atoms with Crippen LogP contribution in [-0.2, 0) is 12.0 Å². The Balaban J connectivity index is 2.16. The molecule has 0 fully saturated rings. The van der Waals surface area contributed by atoms with Gasteiger partial charge in [0.2, 0.25) is 0 Å². The number of methoxy groups -OCH3 is 2. The van der Waals surface area contributed by atoms with Gasteiger partial charge in [0.15, 0.2) is 0 Å². The summed E-state index contributed by atoms with van der Waals surface area (Å²) < 4.78 is 10.8. The lowest BCUT2D eigenvalue weighted by Crippen LogP contribution is -2.41. The first-order valence-corrected chi connectivity index (χ1v) is 7.29. The van der Waals surface area contributed by atoms with Crippen LogP contribution in [0.1, 0.15) is 29.5 Å². The first kappa shape index (κ1) is 14.0. The Morgan fingerprint density at radius 2 is 1.81 bits per heavy atom. The van der Waals surface area contributed by atoms with E-state index < -0.39 is 5.54 Å². The molecule has 0 spiro atoms. The van der Waals surface area contributed by atoms with Crippen LogP contribution in [0.15, 0.2) is 42.5 Å². The number of benzene rings is 2. The fourth-order valence-corrected chi connectivity index (χ4v) is 3.31. The highest BCUT2D eigenvalue weighted by molar-refractivity contribution is 5.52. The van der Waals surface area contributed by atoms with E-state index in [0.717, 1.165) is 36.3 Å². The summed E-state index contributed by atoms with van der Waals surface area (Å²) in [6, 6.07) is 14.3. The zero-order chi connectivity index (χ0) is 14.9. The van der Waals surface area contributed by atoms with Crippen LogP contribution in [0.25, 0.3) is 0 Å². The van der Waals surface area contributed by atoms with Crippen LogP contribution in [-0.4, -0.2) is 14.2 Å². The van der Waals surface area contributed by atoms with E-state index in [1.165, 1.54) is 11.1 Å². The number of hydrogen-bond donors (Lipinski definition) is 1. The first-order chi connectivity index (χ1) is 10.2. The highest BCUT2D eigenvalue weighted by atomic mass is 16.5. The fraction of sp³-hybridized carbons (Fsp3) is 0.333. The minimum Gasteiger partial charge on any atom is -0.497 e. The molecule has 2 aromatic carbocycles. The van der Waals surface area contributed by atoms with Crippen molar-refractivity contribution in [1.29, 1.82) is 0 Å². The lowest BCUT2D eigenvalue weighted by atomic mass is 9.73. The van der Waals surface area contributed by atoms with Gasteiger partial charge in [-0.1, -0.05) is 24.3 Å². The number of rotatable bonds is 3. The summed E-state index contributed by atoms with van der Waals surface area (Å²) in [5, 5.41) is 0. The Morgan fingerprint density at radius 1 is 1.00 bits per heavy atom. The smallest absolute Gasteiger partial charge is 0.127 e. The molecule has 0 heterocycles. The molecule has 1 aliphatic carbocycles. The molecule has 0 aliphatic heterocycles. The largest absolute Gasteiger partial charge is 0.497 e. The highest BCUT2D eigenvalue weighted by Crippen LogP contribution is 2.43. The average Bonchev–Trinajstić information content (AvgIpc) is 2.54. The first-order valence-electron chi connectivity index (χ1n) is 7.29. The number of nitrogens with two attached hydrogens (primary N) is 1. The van der Waals surface area contributed by atoms with Crippen molar-refractivity contribution in [2.45, 2.75) is 24.8 Å². The van der Waals surface area contributed by atoms with Crippen molar-refractivity contribution in [3.63, 3.8) is 0 Å². The van der Waals surface area contributed by atoms with Crippen LogP contribution < -0.4 is 15.2 Å². The second kappa shape index (κ2) is 5.41. The van der Waals surface area contributed by atoms with Gasteiger partial charge >= 0.3 is 0 Å². The average molecular weight is 283 g/mol. The summed E-state index contributed by atoms with van der Waals surface area (Å²) in [5.74, 6) is 1.57. The van der Waals surface area contributed by atoms with Crippen molar-refractivity contribution in [1.82, 2.24) is 0 Å². The highest BCUT2D eigenvalue weighted by Gasteiger charge is 2.36. The Morgan fingerprint density at radius 3 is 2.57 bits per heavy atom. The molecule has 0 radical (unpaired) electrons. The van der Waals surface area contributed by atoms with Gasteiger partial charge < -0.3 is 15.2 Å². The van der Waals surface area contributed by atoms with Crippen LogP contribution in [0, 0.1) is 0 Å². The van der Waals surface area contributed by atoms with Gasteiger partial charge in [0.05, 0.1) is 19.8 Å². The zero-order valence-electron chi connectivity index (χ0n) is 12.6. The molecule has 0 bridgehead atoms. The van der Waals surface area contributed by atoms with Gasteiger partial charge in [0.25, 0.3) is 0 Å². The van der Waals surface area contributed by atoms with Gasteiger partial charge in [-0.25, -0.2) is 0 Å². The minimum absolute atomic E-state index is 0.494. The maximum absolute atomic E-state index is 6.84. The molecule has 2 N–H and O–H groups in total. The molecule has 0 saturated heterocycles. The Hall–Kier alpha value is -2.00. The van der Waals surface area contributed by atoms with Crippen LogP contribution in [0.2, 0.25) is 0 Å². The van der Waals surface area contributed by atoms with E-state index in [2.05, 4.69) is 24.3 Å². The van der Waals surface area contributed by atoms with Crippen molar-refractivity contribution < 1.29 is 9.47 Å². The van der Waals surface area contributed by atoms with Gasteiger partial charge in [-0.3, -0.25) is 0 Å². The maximum Gasteiger partial charge on any atom is 0.127 e. The molecule has 0 aromatic heterocycles. The second-order valence-electron chi connectivity index (χ2n) is 5.55. The normalized spacial score (nSPS) is 20.7. The van der Waals surface area contributed by atoms with E-state index in [-0.39, 0.29) is 0 Å². The van der Waals surface area contributed by atoms with Gasteiger partial charge in [-0.05, 0) is 42.5 Å². The van der Waals surface area contributed by atoms with Crippen molar-refractivity contribution in [3.8, 4) is 11.5 Å². The second-order valence-corrected chi connectivity index (χ2v) is 5.55.